The van der Waals surface area contributed by atoms with Crippen molar-refractivity contribution in [3.05, 3.63) is 41.0 Å². The second kappa shape index (κ2) is 11.5. The average Bonchev–Trinajstić information content (AvgIpc) is 2.69. The van der Waals surface area contributed by atoms with Gasteiger partial charge in [0.1, 0.15) is 5.76 Å². The zero-order valence-electron chi connectivity index (χ0n) is 19.2. The third-order valence-corrected chi connectivity index (χ3v) is 5.68. The Balaban J connectivity index is 2.04. The second-order valence-electron chi connectivity index (χ2n) is 9.53. The van der Waals surface area contributed by atoms with Crippen molar-refractivity contribution >= 4 is 17.3 Å². The first-order valence-electron chi connectivity index (χ1n) is 11.7. The van der Waals surface area contributed by atoms with Crippen LogP contribution in [0.3, 0.4) is 0 Å². The molecule has 1 aromatic rings. The number of carbonyl (C=O) groups excluding carboxylic acids is 2. The molecule has 0 aromatic heterocycles. The number of hydrogen-bond donors (Lipinski definition) is 2. The number of aliphatic hydroxyl groups excluding tert-OH is 1. The Morgan fingerprint density at radius 1 is 0.833 bits per heavy atom. The molecule has 0 saturated carbocycles. The van der Waals surface area contributed by atoms with Gasteiger partial charge in [-0.2, -0.15) is 0 Å². The smallest absolute Gasteiger partial charge is 0.234 e. The summed E-state index contributed by atoms with van der Waals surface area (Å²) < 4.78 is 0. The van der Waals surface area contributed by atoms with Gasteiger partial charge in [0, 0.05) is 22.7 Å². The summed E-state index contributed by atoms with van der Waals surface area (Å²) in [6.45, 7) is 8.35. The first-order valence-corrected chi connectivity index (χ1v) is 11.7. The maximum absolute atomic E-state index is 12.9. The van der Waals surface area contributed by atoms with E-state index in [4.69, 9.17) is 0 Å². The van der Waals surface area contributed by atoms with Gasteiger partial charge in [0.25, 0.3) is 0 Å². The molecule has 4 heteroatoms. The van der Waals surface area contributed by atoms with E-state index in [0.717, 1.165) is 19.3 Å². The van der Waals surface area contributed by atoms with Crippen molar-refractivity contribution in [3.63, 3.8) is 0 Å². The molecule has 1 aliphatic carbocycles. The van der Waals surface area contributed by atoms with E-state index in [1.165, 1.54) is 44.9 Å². The molecule has 166 valence electrons. The lowest BCUT2D eigenvalue weighted by Crippen LogP contribution is -2.47. The molecular weight excluding hydrogens is 374 g/mol. The van der Waals surface area contributed by atoms with Crippen LogP contribution in [-0.4, -0.2) is 28.3 Å². The van der Waals surface area contributed by atoms with Crippen LogP contribution in [0.1, 0.15) is 108 Å². The predicted molar refractivity (Wildman–Crippen MR) is 124 cm³/mol. The number of carbonyl (C=O) groups is 2. The number of hydrogen-bond acceptors (Lipinski definition) is 4. The molecule has 1 aromatic carbocycles. The highest BCUT2D eigenvalue weighted by Crippen LogP contribution is 2.31. The lowest BCUT2D eigenvalue weighted by molar-refractivity contribution is -0.112. The fraction of sp³-hybridized carbons (Fsp3) is 0.615. The van der Waals surface area contributed by atoms with Crippen LogP contribution in [0.15, 0.2) is 29.8 Å². The highest BCUT2D eigenvalue weighted by Gasteiger charge is 2.37. The van der Waals surface area contributed by atoms with Crippen molar-refractivity contribution < 1.29 is 14.7 Å². The van der Waals surface area contributed by atoms with Crippen LogP contribution in [0.5, 0.6) is 0 Å². The standard InChI is InChI=1S/C26H39NO3/c1-5-6-7-8-9-10-11-12-13-18-21(27-26(2,3)4)22-23(28)19-16-14-15-17-20(19)24(29)25(22)30/h14-17,21,27-28H,5-13,18H2,1-4H3. The van der Waals surface area contributed by atoms with Gasteiger partial charge in [0.2, 0.25) is 11.6 Å². The molecule has 4 nitrogen and oxygen atoms in total. The number of unbranched alkanes of at least 4 members (excludes halogenated alkanes) is 8. The number of fused-ring (bicyclic) bond motifs is 1. The van der Waals surface area contributed by atoms with E-state index in [1.807, 2.05) is 20.8 Å². The lowest BCUT2D eigenvalue weighted by Gasteiger charge is -2.31. The van der Waals surface area contributed by atoms with Gasteiger partial charge in [-0.3, -0.25) is 9.59 Å². The Bertz CT molecular complexity index is 758. The molecule has 2 rings (SSSR count). The van der Waals surface area contributed by atoms with Gasteiger partial charge in [-0.25, -0.2) is 0 Å². The van der Waals surface area contributed by atoms with Crippen LogP contribution in [0, 0.1) is 0 Å². The van der Waals surface area contributed by atoms with Crippen LogP contribution >= 0.6 is 0 Å². The molecule has 1 aliphatic rings. The zero-order valence-corrected chi connectivity index (χ0v) is 19.2. The number of aliphatic hydroxyl groups is 1. The molecule has 0 heterocycles. The van der Waals surface area contributed by atoms with Crippen molar-refractivity contribution in [1.29, 1.82) is 0 Å². The molecule has 0 spiro atoms. The van der Waals surface area contributed by atoms with Crippen molar-refractivity contribution in [3.8, 4) is 0 Å². The normalized spacial score (nSPS) is 15.5. The molecular formula is C26H39NO3. The van der Waals surface area contributed by atoms with Gasteiger partial charge >= 0.3 is 0 Å². The Morgan fingerprint density at radius 2 is 1.37 bits per heavy atom. The minimum Gasteiger partial charge on any atom is -0.507 e. The third-order valence-electron chi connectivity index (χ3n) is 5.68. The number of nitrogens with one attached hydrogen (secondary N) is 1. The number of rotatable bonds is 12. The first-order chi connectivity index (χ1) is 14.3. The van der Waals surface area contributed by atoms with E-state index in [2.05, 4.69) is 12.2 Å². The lowest BCUT2D eigenvalue weighted by atomic mass is 9.83. The number of benzene rings is 1. The summed E-state index contributed by atoms with van der Waals surface area (Å²) in [6.07, 6.45) is 11.8. The molecule has 0 bridgehead atoms. The zero-order chi connectivity index (χ0) is 22.1. The molecule has 30 heavy (non-hydrogen) atoms. The molecule has 1 unspecified atom stereocenters. The molecule has 0 saturated heterocycles. The van der Waals surface area contributed by atoms with Gasteiger partial charge in [0.15, 0.2) is 0 Å². The molecule has 2 N–H and O–H groups in total. The van der Waals surface area contributed by atoms with Gasteiger partial charge in [-0.1, -0.05) is 89.0 Å². The van der Waals surface area contributed by atoms with E-state index in [9.17, 15) is 14.7 Å². The summed E-state index contributed by atoms with van der Waals surface area (Å²) in [6, 6.07) is 6.48. The van der Waals surface area contributed by atoms with Gasteiger partial charge in [-0.05, 0) is 27.2 Å². The number of Topliss-reactive ketones (excluding diaryl/α,β-unsaturated/α-hetero) is 2. The quantitative estimate of drug-likeness (QED) is 0.307. The molecule has 1 atom stereocenters. The fourth-order valence-corrected chi connectivity index (χ4v) is 4.18. The van der Waals surface area contributed by atoms with Gasteiger partial charge in [0.05, 0.1) is 5.57 Å². The third kappa shape index (κ3) is 6.80. The molecule has 0 amide bonds. The summed E-state index contributed by atoms with van der Waals surface area (Å²) in [5.41, 5.74) is 0.747. The molecule has 0 aliphatic heterocycles. The Morgan fingerprint density at radius 3 is 1.93 bits per heavy atom. The summed E-state index contributed by atoms with van der Waals surface area (Å²) in [7, 11) is 0. The summed E-state index contributed by atoms with van der Waals surface area (Å²) in [5.74, 6) is -1.15. The van der Waals surface area contributed by atoms with Crippen molar-refractivity contribution in [2.75, 3.05) is 0 Å². The Kier molecular flexibility index (Phi) is 9.29. The van der Waals surface area contributed by atoms with Crippen molar-refractivity contribution in [1.82, 2.24) is 5.32 Å². The van der Waals surface area contributed by atoms with Crippen LogP contribution in [0.4, 0.5) is 0 Å². The van der Waals surface area contributed by atoms with E-state index in [1.54, 1.807) is 24.3 Å². The highest BCUT2D eigenvalue weighted by atomic mass is 16.3. The maximum Gasteiger partial charge on any atom is 0.234 e. The predicted octanol–water partition coefficient (Wildman–Crippen LogP) is 6.40. The van der Waals surface area contributed by atoms with Crippen LogP contribution in [0.2, 0.25) is 0 Å². The maximum atomic E-state index is 12.9. The Hall–Kier alpha value is -1.94. The highest BCUT2D eigenvalue weighted by molar-refractivity contribution is 6.52. The van der Waals surface area contributed by atoms with Crippen LogP contribution in [0.25, 0.3) is 5.76 Å². The van der Waals surface area contributed by atoms with E-state index >= 15 is 0 Å². The van der Waals surface area contributed by atoms with E-state index < -0.39 is 11.6 Å². The van der Waals surface area contributed by atoms with Crippen LogP contribution < -0.4 is 5.32 Å². The second-order valence-corrected chi connectivity index (χ2v) is 9.53. The van der Waals surface area contributed by atoms with Crippen molar-refractivity contribution in [2.24, 2.45) is 0 Å². The first kappa shape index (κ1) is 24.3. The fourth-order valence-electron chi connectivity index (χ4n) is 4.18. The molecule has 0 radical (unpaired) electrons. The summed E-state index contributed by atoms with van der Waals surface area (Å²) in [4.78, 5) is 25.5. The molecule has 0 fully saturated rings. The van der Waals surface area contributed by atoms with Gasteiger partial charge < -0.3 is 10.4 Å². The van der Waals surface area contributed by atoms with Gasteiger partial charge in [-0.15, -0.1) is 0 Å². The number of ketones is 2. The average molecular weight is 414 g/mol. The minimum absolute atomic E-state index is 0.0483. The summed E-state index contributed by atoms with van der Waals surface area (Å²) in [5, 5.41) is 14.4. The SMILES string of the molecule is CCCCCCCCCCCC(NC(C)(C)C)C1=C(O)c2ccccc2C(=O)C1=O. The summed E-state index contributed by atoms with van der Waals surface area (Å²) >= 11 is 0. The Labute approximate surface area is 182 Å². The van der Waals surface area contributed by atoms with Crippen molar-refractivity contribution in [2.45, 2.75) is 103 Å². The van der Waals surface area contributed by atoms with E-state index in [0.29, 0.717) is 11.1 Å². The van der Waals surface area contributed by atoms with Crippen LogP contribution in [-0.2, 0) is 4.79 Å². The van der Waals surface area contributed by atoms with E-state index in [-0.39, 0.29) is 22.9 Å². The minimum atomic E-state index is -0.580. The monoisotopic (exact) mass is 413 g/mol. The topological polar surface area (TPSA) is 66.4 Å². The largest absolute Gasteiger partial charge is 0.507 e.